The van der Waals surface area contributed by atoms with Crippen LogP contribution in [-0.4, -0.2) is 43.8 Å². The molecule has 1 saturated heterocycles. The van der Waals surface area contributed by atoms with Crippen LogP contribution in [0.5, 0.6) is 0 Å². The number of hydrogen-bond donors (Lipinski definition) is 2. The highest BCUT2D eigenvalue weighted by molar-refractivity contribution is 5.78. The van der Waals surface area contributed by atoms with Crippen molar-refractivity contribution in [1.29, 1.82) is 0 Å². The third-order valence-electron chi connectivity index (χ3n) is 6.57. The highest BCUT2D eigenvalue weighted by Gasteiger charge is 2.56. The van der Waals surface area contributed by atoms with Gasteiger partial charge in [0.25, 0.3) is 0 Å². The number of rotatable bonds is 6. The zero-order chi connectivity index (χ0) is 18.3. The molecule has 0 bridgehead atoms. The van der Waals surface area contributed by atoms with Gasteiger partial charge >= 0.3 is 0 Å². The van der Waals surface area contributed by atoms with E-state index in [0.717, 1.165) is 38.2 Å². The lowest BCUT2D eigenvalue weighted by Gasteiger charge is -2.29. The topological polar surface area (TPSA) is 61.8 Å². The SMILES string of the molecule is CCn1ccnc1CN(Cc1ccc2cn[nH]c2c1)[C@@H]1CC12CCNCC2. The number of fused-ring (bicyclic) bond motifs is 1. The van der Waals surface area contributed by atoms with Crippen molar-refractivity contribution in [3.63, 3.8) is 0 Å². The number of H-pyrrole nitrogens is 1. The summed E-state index contributed by atoms with van der Waals surface area (Å²) >= 11 is 0. The van der Waals surface area contributed by atoms with Gasteiger partial charge in [-0.3, -0.25) is 10.00 Å². The Bertz CT molecular complexity index is 920. The Kier molecular flexibility index (Phi) is 4.25. The van der Waals surface area contributed by atoms with Gasteiger partial charge in [-0.25, -0.2) is 4.98 Å². The molecule has 1 aromatic carbocycles. The first kappa shape index (κ1) is 17.0. The lowest BCUT2D eigenvalue weighted by atomic mass is 9.93. The summed E-state index contributed by atoms with van der Waals surface area (Å²) in [5, 5.41) is 12.0. The quantitative estimate of drug-likeness (QED) is 0.706. The van der Waals surface area contributed by atoms with Gasteiger partial charge in [0.2, 0.25) is 0 Å². The Morgan fingerprint density at radius 1 is 1.26 bits per heavy atom. The fraction of sp³-hybridized carbons (Fsp3) is 0.524. The number of imidazole rings is 1. The first-order valence-electron chi connectivity index (χ1n) is 10.1. The molecule has 2 N–H and O–H groups in total. The monoisotopic (exact) mass is 364 g/mol. The number of benzene rings is 1. The number of aryl methyl sites for hydroxylation is 1. The molecule has 1 spiro atoms. The Hall–Kier alpha value is -2.18. The van der Waals surface area contributed by atoms with E-state index >= 15 is 0 Å². The van der Waals surface area contributed by atoms with E-state index in [1.165, 1.54) is 36.0 Å². The fourth-order valence-corrected chi connectivity index (χ4v) is 4.86. The molecule has 1 aliphatic carbocycles. The summed E-state index contributed by atoms with van der Waals surface area (Å²) in [5.41, 5.74) is 2.99. The van der Waals surface area contributed by atoms with Crippen molar-refractivity contribution in [2.75, 3.05) is 13.1 Å². The predicted molar refractivity (Wildman–Crippen MR) is 106 cm³/mol. The lowest BCUT2D eigenvalue weighted by molar-refractivity contribution is 0.182. The van der Waals surface area contributed by atoms with E-state index < -0.39 is 0 Å². The minimum absolute atomic E-state index is 0.521. The van der Waals surface area contributed by atoms with Crippen LogP contribution >= 0.6 is 0 Å². The molecule has 3 heterocycles. The van der Waals surface area contributed by atoms with Crippen LogP contribution < -0.4 is 5.32 Å². The summed E-state index contributed by atoms with van der Waals surface area (Å²) < 4.78 is 2.27. The van der Waals surface area contributed by atoms with Crippen molar-refractivity contribution >= 4 is 10.9 Å². The van der Waals surface area contributed by atoms with Crippen molar-refractivity contribution < 1.29 is 0 Å². The first-order chi connectivity index (χ1) is 13.3. The third-order valence-corrected chi connectivity index (χ3v) is 6.57. The largest absolute Gasteiger partial charge is 0.334 e. The molecule has 1 saturated carbocycles. The van der Waals surface area contributed by atoms with Gasteiger partial charge in [-0.15, -0.1) is 0 Å². The molecule has 1 aliphatic heterocycles. The maximum absolute atomic E-state index is 4.65. The fourth-order valence-electron chi connectivity index (χ4n) is 4.86. The highest BCUT2D eigenvalue weighted by atomic mass is 15.2. The summed E-state index contributed by atoms with van der Waals surface area (Å²) in [4.78, 5) is 7.31. The van der Waals surface area contributed by atoms with Crippen LogP contribution in [0.2, 0.25) is 0 Å². The van der Waals surface area contributed by atoms with Crippen molar-refractivity contribution in [2.24, 2.45) is 5.41 Å². The first-order valence-corrected chi connectivity index (χ1v) is 10.1. The molecule has 1 atom stereocenters. The molecule has 5 rings (SSSR count). The summed E-state index contributed by atoms with van der Waals surface area (Å²) in [6, 6.07) is 7.33. The van der Waals surface area contributed by atoms with Gasteiger partial charge < -0.3 is 9.88 Å². The maximum Gasteiger partial charge on any atom is 0.122 e. The maximum atomic E-state index is 4.65. The Morgan fingerprint density at radius 3 is 3.00 bits per heavy atom. The van der Waals surface area contributed by atoms with Crippen LogP contribution in [0.15, 0.2) is 36.8 Å². The second-order valence-corrected chi connectivity index (χ2v) is 8.16. The summed E-state index contributed by atoms with van der Waals surface area (Å²) in [5.74, 6) is 1.18. The van der Waals surface area contributed by atoms with Gasteiger partial charge in [-0.1, -0.05) is 12.1 Å². The number of nitrogens with zero attached hydrogens (tertiary/aromatic N) is 4. The molecule has 0 unspecified atom stereocenters. The second kappa shape index (κ2) is 6.77. The van der Waals surface area contributed by atoms with Gasteiger partial charge in [0.05, 0.1) is 18.3 Å². The van der Waals surface area contributed by atoms with E-state index in [2.05, 4.69) is 61.3 Å². The molecule has 2 aromatic heterocycles. The van der Waals surface area contributed by atoms with Gasteiger partial charge in [-0.05, 0) is 56.3 Å². The summed E-state index contributed by atoms with van der Waals surface area (Å²) in [6.45, 7) is 7.37. The minimum Gasteiger partial charge on any atom is -0.334 e. The van der Waals surface area contributed by atoms with Crippen LogP contribution in [0.4, 0.5) is 0 Å². The highest BCUT2D eigenvalue weighted by Crippen LogP contribution is 2.56. The molecule has 2 fully saturated rings. The molecule has 6 heteroatoms. The van der Waals surface area contributed by atoms with Crippen LogP contribution in [0, 0.1) is 5.41 Å². The number of piperidine rings is 1. The predicted octanol–water partition coefficient (Wildman–Crippen LogP) is 2.92. The van der Waals surface area contributed by atoms with Crippen molar-refractivity contribution in [3.8, 4) is 0 Å². The molecular formula is C21H28N6. The molecule has 0 amide bonds. The van der Waals surface area contributed by atoms with E-state index in [1.54, 1.807) is 0 Å². The Balaban J connectivity index is 1.40. The average Bonchev–Trinajstić information content (AvgIpc) is 3.04. The molecule has 27 heavy (non-hydrogen) atoms. The van der Waals surface area contributed by atoms with Crippen molar-refractivity contribution in [2.45, 2.75) is 51.9 Å². The standard InChI is InChI=1S/C21H28N6/c1-2-26-10-9-23-20(26)15-27(19-12-21(19)5-7-22-8-6-21)14-16-3-4-17-13-24-25-18(17)11-16/h3-4,9-11,13,19,22H,2,5-8,12,14-15H2,1H3,(H,24,25)/t19-/m1/s1. The molecule has 142 valence electrons. The Morgan fingerprint density at radius 2 is 2.15 bits per heavy atom. The molecule has 3 aromatic rings. The minimum atomic E-state index is 0.521. The van der Waals surface area contributed by atoms with Crippen LogP contribution in [0.25, 0.3) is 10.9 Å². The zero-order valence-corrected chi connectivity index (χ0v) is 16.0. The molecule has 2 aliphatic rings. The average molecular weight is 364 g/mol. The number of aromatic amines is 1. The zero-order valence-electron chi connectivity index (χ0n) is 16.0. The van der Waals surface area contributed by atoms with E-state index in [4.69, 9.17) is 0 Å². The van der Waals surface area contributed by atoms with E-state index in [9.17, 15) is 0 Å². The number of nitrogens with one attached hydrogen (secondary N) is 2. The molecule has 0 radical (unpaired) electrons. The van der Waals surface area contributed by atoms with E-state index in [-0.39, 0.29) is 0 Å². The summed E-state index contributed by atoms with van der Waals surface area (Å²) in [7, 11) is 0. The number of hydrogen-bond acceptors (Lipinski definition) is 4. The van der Waals surface area contributed by atoms with E-state index in [0.29, 0.717) is 11.5 Å². The van der Waals surface area contributed by atoms with Gasteiger partial charge in [-0.2, -0.15) is 5.10 Å². The van der Waals surface area contributed by atoms with Crippen LogP contribution in [-0.2, 0) is 19.6 Å². The van der Waals surface area contributed by atoms with E-state index in [1.807, 2.05) is 12.4 Å². The third kappa shape index (κ3) is 3.17. The van der Waals surface area contributed by atoms with Gasteiger partial charge in [0.1, 0.15) is 5.82 Å². The smallest absolute Gasteiger partial charge is 0.122 e. The normalized spacial score (nSPS) is 21.3. The summed E-state index contributed by atoms with van der Waals surface area (Å²) in [6.07, 6.45) is 9.85. The molecule has 6 nitrogen and oxygen atoms in total. The second-order valence-electron chi connectivity index (χ2n) is 8.16. The lowest BCUT2D eigenvalue weighted by Crippen LogP contribution is -2.36. The number of aromatic nitrogens is 4. The Labute approximate surface area is 160 Å². The van der Waals surface area contributed by atoms with Crippen LogP contribution in [0.1, 0.15) is 37.6 Å². The van der Waals surface area contributed by atoms with Crippen LogP contribution in [0.3, 0.4) is 0 Å². The molecular weight excluding hydrogens is 336 g/mol. The van der Waals surface area contributed by atoms with Crippen molar-refractivity contribution in [1.82, 2.24) is 30.0 Å². The van der Waals surface area contributed by atoms with Gasteiger partial charge in [0, 0.05) is 36.9 Å². The van der Waals surface area contributed by atoms with Crippen molar-refractivity contribution in [3.05, 3.63) is 48.2 Å². The van der Waals surface area contributed by atoms with Gasteiger partial charge in [0.15, 0.2) is 0 Å².